The van der Waals surface area contributed by atoms with Crippen molar-refractivity contribution in [2.24, 2.45) is 5.10 Å². The van der Waals surface area contributed by atoms with E-state index in [1.807, 2.05) is 59.2 Å². The molecule has 0 bridgehead atoms. The molecule has 0 fully saturated rings. The Morgan fingerprint density at radius 2 is 1.91 bits per heavy atom. The monoisotopic (exact) mass is 507 g/mol. The molecular formula is C23H18BrN5O2S. The number of carbonyl (C=O) groups is 1. The second-order valence-electron chi connectivity index (χ2n) is 6.69. The number of amides is 1. The molecule has 4 aromatic rings. The Morgan fingerprint density at radius 1 is 1.12 bits per heavy atom. The van der Waals surface area contributed by atoms with E-state index in [9.17, 15) is 9.90 Å². The van der Waals surface area contributed by atoms with Gasteiger partial charge in [0.15, 0.2) is 0 Å². The maximum absolute atomic E-state index is 12.3. The predicted molar refractivity (Wildman–Crippen MR) is 126 cm³/mol. The number of hydrogen-bond donors (Lipinski definition) is 2. The van der Waals surface area contributed by atoms with Crippen molar-refractivity contribution in [1.82, 2.24) is 15.6 Å². The van der Waals surface area contributed by atoms with Gasteiger partial charge >= 0.3 is 5.16 Å². The van der Waals surface area contributed by atoms with Crippen LogP contribution >= 0.6 is 27.7 Å². The first-order valence-electron chi connectivity index (χ1n) is 9.64. The molecule has 0 saturated carbocycles. The summed E-state index contributed by atoms with van der Waals surface area (Å²) in [5.74, 6) is 0.540. The topological polar surface area (TPSA) is 97.1 Å². The number of aromatic nitrogens is 3. The molecule has 1 amide bonds. The summed E-state index contributed by atoms with van der Waals surface area (Å²) in [7, 11) is 0. The highest BCUT2D eigenvalue weighted by atomic mass is 79.9. The minimum atomic E-state index is -0.281. The predicted octanol–water partition coefficient (Wildman–Crippen LogP) is 3.43. The molecule has 7 nitrogen and oxygen atoms in total. The Hall–Kier alpha value is -3.43. The zero-order valence-electron chi connectivity index (χ0n) is 16.7. The summed E-state index contributed by atoms with van der Waals surface area (Å²) in [6, 6.07) is 24.0. The molecule has 1 aromatic heterocycles. The fourth-order valence-corrected chi connectivity index (χ4v) is 3.97. The Balaban J connectivity index is 1.50. The number of thioether (sulfide) groups is 1. The van der Waals surface area contributed by atoms with E-state index in [1.165, 1.54) is 30.1 Å². The van der Waals surface area contributed by atoms with Gasteiger partial charge in [-0.1, -0.05) is 58.4 Å². The molecule has 32 heavy (non-hydrogen) atoms. The number of rotatable bonds is 7. The van der Waals surface area contributed by atoms with E-state index in [1.54, 1.807) is 12.1 Å². The second-order valence-corrected chi connectivity index (χ2v) is 8.55. The normalized spacial score (nSPS) is 11.0. The van der Waals surface area contributed by atoms with Crippen molar-refractivity contribution < 1.29 is 14.5 Å². The van der Waals surface area contributed by atoms with Gasteiger partial charge in [-0.25, -0.2) is 5.43 Å². The molecule has 0 unspecified atom stereocenters. The van der Waals surface area contributed by atoms with Gasteiger partial charge in [-0.2, -0.15) is 9.67 Å². The van der Waals surface area contributed by atoms with Crippen LogP contribution in [-0.4, -0.2) is 28.1 Å². The Labute approximate surface area is 197 Å². The molecule has 0 spiro atoms. The van der Waals surface area contributed by atoms with Crippen molar-refractivity contribution in [3.8, 4) is 22.8 Å². The number of hydrogen-bond acceptors (Lipinski definition) is 5. The average molecular weight is 508 g/mol. The van der Waals surface area contributed by atoms with Crippen molar-refractivity contribution in [3.05, 3.63) is 88.9 Å². The number of halogens is 1. The first-order valence-corrected chi connectivity index (χ1v) is 11.4. The summed E-state index contributed by atoms with van der Waals surface area (Å²) in [6.45, 7) is 0. The van der Waals surface area contributed by atoms with Crippen LogP contribution in [0.3, 0.4) is 0 Å². The van der Waals surface area contributed by atoms with E-state index in [4.69, 9.17) is 0 Å². The highest BCUT2D eigenvalue weighted by Gasteiger charge is 2.24. The molecular weight excluding hydrogens is 490 g/mol. The molecule has 9 heteroatoms. The Kier molecular flexibility index (Phi) is 6.98. The number of H-pyrrole nitrogens is 1. The quantitative estimate of drug-likeness (QED) is 0.173. The zero-order valence-corrected chi connectivity index (χ0v) is 19.1. The fourth-order valence-electron chi connectivity index (χ4n) is 2.95. The van der Waals surface area contributed by atoms with Gasteiger partial charge < -0.3 is 5.11 Å². The standard InChI is InChI=1S/C23H18BrN5O2S/c24-18-9-11-19(12-10-18)29-22(17-6-2-1-3-7-17)27-28-23(29)32-15-21(31)26-25-14-16-5-4-8-20(30)13-16/h1-14H,15H2,(H2,26,30,31). The maximum Gasteiger partial charge on any atom is 0.342 e. The molecule has 1 heterocycles. The van der Waals surface area contributed by atoms with Crippen molar-refractivity contribution >= 4 is 39.8 Å². The van der Waals surface area contributed by atoms with Gasteiger partial charge in [0.2, 0.25) is 0 Å². The highest BCUT2D eigenvalue weighted by Crippen LogP contribution is 2.21. The third-order valence-corrected chi connectivity index (χ3v) is 5.86. The van der Waals surface area contributed by atoms with Crippen LogP contribution in [0.5, 0.6) is 5.75 Å². The minimum absolute atomic E-state index is 0.110. The third-order valence-electron chi connectivity index (χ3n) is 4.40. The van der Waals surface area contributed by atoms with Crippen LogP contribution in [0.15, 0.2) is 93.6 Å². The maximum atomic E-state index is 12.3. The van der Waals surface area contributed by atoms with E-state index in [2.05, 4.69) is 36.7 Å². The number of nitrogens with zero attached hydrogens (tertiary/aromatic N) is 3. The first kappa shape index (κ1) is 21.8. The van der Waals surface area contributed by atoms with E-state index in [-0.39, 0.29) is 17.4 Å². The summed E-state index contributed by atoms with van der Waals surface area (Å²) >= 11 is 4.76. The molecule has 0 atom stereocenters. The van der Waals surface area contributed by atoms with Crippen molar-refractivity contribution in [3.63, 3.8) is 0 Å². The van der Waals surface area contributed by atoms with Crippen LogP contribution < -0.4 is 15.1 Å². The highest BCUT2D eigenvalue weighted by molar-refractivity contribution is 9.10. The van der Waals surface area contributed by atoms with Crippen molar-refractivity contribution in [2.45, 2.75) is 5.16 Å². The number of aromatic amines is 1. The molecule has 0 aliphatic heterocycles. The zero-order chi connectivity index (χ0) is 22.3. The van der Waals surface area contributed by atoms with Gasteiger partial charge in [0.05, 0.1) is 22.6 Å². The fraction of sp³-hybridized carbons (Fsp3) is 0.0435. The number of nitrogens with one attached hydrogen (secondary N) is 2. The summed E-state index contributed by atoms with van der Waals surface area (Å²) in [6.07, 6.45) is 1.44. The number of benzene rings is 3. The van der Waals surface area contributed by atoms with Crippen molar-refractivity contribution in [1.29, 1.82) is 0 Å². The van der Waals surface area contributed by atoms with E-state index in [0.29, 0.717) is 10.7 Å². The second kappa shape index (κ2) is 10.3. The number of carbonyl (C=O) groups excluding carboxylic acids is 1. The largest absolute Gasteiger partial charge is 0.872 e. The lowest BCUT2D eigenvalue weighted by Crippen LogP contribution is -2.34. The van der Waals surface area contributed by atoms with Crippen molar-refractivity contribution in [2.75, 3.05) is 5.75 Å². The first-order chi connectivity index (χ1) is 15.6. The lowest BCUT2D eigenvalue weighted by atomic mass is 10.2. The van der Waals surface area contributed by atoms with Crippen LogP contribution in [0.4, 0.5) is 0 Å². The van der Waals surface area contributed by atoms with E-state index >= 15 is 0 Å². The molecule has 0 aliphatic carbocycles. The molecule has 3 aromatic carbocycles. The Morgan fingerprint density at radius 3 is 2.66 bits per heavy atom. The van der Waals surface area contributed by atoms with Gasteiger partial charge in [-0.05, 0) is 53.7 Å². The van der Waals surface area contributed by atoms with Gasteiger partial charge in [-0.3, -0.25) is 4.79 Å². The van der Waals surface area contributed by atoms with Gasteiger partial charge in [0.25, 0.3) is 11.7 Å². The SMILES string of the molecule is O=C(CSc1n[nH]c(-c2ccccc2)[n+]1-c1ccc(Br)cc1)NN=Cc1cccc([O-])c1. The molecule has 0 saturated heterocycles. The lowest BCUT2D eigenvalue weighted by Gasteiger charge is -2.05. The van der Waals surface area contributed by atoms with Gasteiger partial charge in [-0.15, -0.1) is 10.8 Å². The molecule has 2 N–H and O–H groups in total. The molecule has 0 aliphatic rings. The van der Waals surface area contributed by atoms with Crippen LogP contribution in [0.2, 0.25) is 0 Å². The van der Waals surface area contributed by atoms with Gasteiger partial charge in [0, 0.05) is 4.47 Å². The van der Waals surface area contributed by atoms with Crippen LogP contribution in [-0.2, 0) is 4.79 Å². The molecule has 0 radical (unpaired) electrons. The third kappa shape index (κ3) is 5.43. The Bertz CT molecular complexity index is 1240. The van der Waals surface area contributed by atoms with Crippen LogP contribution in [0, 0.1) is 0 Å². The van der Waals surface area contributed by atoms with E-state index < -0.39 is 0 Å². The number of hydrazone groups is 1. The van der Waals surface area contributed by atoms with Gasteiger partial charge in [0.1, 0.15) is 5.69 Å². The summed E-state index contributed by atoms with van der Waals surface area (Å²) in [5.41, 5.74) is 5.00. The average Bonchev–Trinajstić information content (AvgIpc) is 3.23. The smallest absolute Gasteiger partial charge is 0.342 e. The summed E-state index contributed by atoms with van der Waals surface area (Å²) in [4.78, 5) is 12.3. The van der Waals surface area contributed by atoms with Crippen LogP contribution in [0.1, 0.15) is 5.56 Å². The molecule has 4 rings (SSSR count). The molecule has 160 valence electrons. The summed E-state index contributed by atoms with van der Waals surface area (Å²) in [5, 5.41) is 23.4. The van der Waals surface area contributed by atoms with E-state index in [0.717, 1.165) is 21.5 Å². The lowest BCUT2D eigenvalue weighted by molar-refractivity contribution is -0.625. The minimum Gasteiger partial charge on any atom is -0.872 e. The summed E-state index contributed by atoms with van der Waals surface area (Å²) < 4.78 is 2.95. The van der Waals surface area contributed by atoms with Crippen LogP contribution in [0.25, 0.3) is 17.1 Å².